The van der Waals surface area contributed by atoms with E-state index in [1.54, 1.807) is 7.05 Å². The van der Waals surface area contributed by atoms with E-state index in [-0.39, 0.29) is 23.8 Å². The number of carbonyl (C=O) groups excluding carboxylic acids is 2. The second-order valence-corrected chi connectivity index (χ2v) is 10.1. The Morgan fingerprint density at radius 3 is 2.26 bits per heavy atom. The SMILES string of the molecule is Cc1cccc(C)c1NC(=O)CN(C)C(=O)c1sc2nc(C(C)(C)C)nc(C)c2c1C. The van der Waals surface area contributed by atoms with Gasteiger partial charge in [0.2, 0.25) is 5.91 Å². The molecule has 6 nitrogen and oxygen atoms in total. The normalized spacial score (nSPS) is 11.6. The molecule has 3 rings (SSSR count). The number of fused-ring (bicyclic) bond motifs is 1. The number of likely N-dealkylation sites (N-methyl/N-ethyl adjacent to an activating group) is 1. The van der Waals surface area contributed by atoms with Gasteiger partial charge in [0, 0.05) is 23.5 Å². The molecule has 0 spiro atoms. The van der Waals surface area contributed by atoms with Crippen LogP contribution in [0.4, 0.5) is 5.69 Å². The number of anilines is 1. The number of hydrogen-bond donors (Lipinski definition) is 1. The number of carbonyl (C=O) groups is 2. The van der Waals surface area contributed by atoms with Crippen molar-refractivity contribution in [2.45, 2.75) is 53.9 Å². The topological polar surface area (TPSA) is 75.2 Å². The van der Waals surface area contributed by atoms with Crippen molar-refractivity contribution in [2.24, 2.45) is 0 Å². The van der Waals surface area contributed by atoms with E-state index in [2.05, 4.69) is 31.1 Å². The third-order valence-corrected chi connectivity index (χ3v) is 6.48. The Balaban J connectivity index is 1.84. The zero-order chi connectivity index (χ0) is 23.1. The first-order chi connectivity index (χ1) is 14.4. The minimum Gasteiger partial charge on any atom is -0.332 e. The molecule has 2 aromatic heterocycles. The van der Waals surface area contributed by atoms with Gasteiger partial charge in [-0.2, -0.15) is 0 Å². The third-order valence-electron chi connectivity index (χ3n) is 5.31. The summed E-state index contributed by atoms with van der Waals surface area (Å²) in [5.41, 5.74) is 4.34. The lowest BCUT2D eigenvalue weighted by Crippen LogP contribution is -2.35. The Hall–Kier alpha value is -2.80. The van der Waals surface area contributed by atoms with E-state index in [4.69, 9.17) is 4.98 Å². The van der Waals surface area contributed by atoms with Crippen LogP contribution in [0.2, 0.25) is 0 Å². The maximum absolute atomic E-state index is 13.2. The van der Waals surface area contributed by atoms with Crippen LogP contribution in [0.3, 0.4) is 0 Å². The van der Waals surface area contributed by atoms with E-state index in [1.165, 1.54) is 16.2 Å². The summed E-state index contributed by atoms with van der Waals surface area (Å²) >= 11 is 1.37. The van der Waals surface area contributed by atoms with Gasteiger partial charge in [0.25, 0.3) is 5.91 Å². The Morgan fingerprint density at radius 2 is 1.68 bits per heavy atom. The Labute approximate surface area is 187 Å². The van der Waals surface area contributed by atoms with Gasteiger partial charge < -0.3 is 10.2 Å². The molecule has 3 aromatic rings. The van der Waals surface area contributed by atoms with Gasteiger partial charge >= 0.3 is 0 Å². The Kier molecular flexibility index (Phi) is 6.18. The van der Waals surface area contributed by atoms with Crippen LogP contribution in [0.1, 0.15) is 58.7 Å². The van der Waals surface area contributed by atoms with Crippen LogP contribution in [-0.4, -0.2) is 40.3 Å². The molecule has 7 heteroatoms. The molecular weight excluding hydrogens is 408 g/mol. The molecule has 1 aromatic carbocycles. The van der Waals surface area contributed by atoms with Crippen molar-refractivity contribution in [3.8, 4) is 0 Å². The first-order valence-electron chi connectivity index (χ1n) is 10.3. The number of thiophene rings is 1. The molecule has 0 atom stereocenters. The van der Waals surface area contributed by atoms with Crippen LogP contribution in [0.15, 0.2) is 18.2 Å². The predicted octanol–water partition coefficient (Wildman–Crippen LogP) is 4.93. The zero-order valence-corrected chi connectivity index (χ0v) is 20.3. The number of aryl methyl sites for hydroxylation is 4. The van der Waals surface area contributed by atoms with Gasteiger partial charge in [0.1, 0.15) is 10.7 Å². The van der Waals surface area contributed by atoms with E-state index in [9.17, 15) is 9.59 Å². The highest BCUT2D eigenvalue weighted by Crippen LogP contribution is 2.33. The van der Waals surface area contributed by atoms with Gasteiger partial charge in [-0.15, -0.1) is 11.3 Å². The average Bonchev–Trinajstić information content (AvgIpc) is 3.00. The molecule has 0 aliphatic heterocycles. The summed E-state index contributed by atoms with van der Waals surface area (Å²) < 4.78 is 0. The van der Waals surface area contributed by atoms with Gasteiger partial charge in [-0.25, -0.2) is 9.97 Å². The van der Waals surface area contributed by atoms with Gasteiger partial charge in [-0.1, -0.05) is 39.0 Å². The lowest BCUT2D eigenvalue weighted by Gasteiger charge is -2.18. The van der Waals surface area contributed by atoms with Crippen LogP contribution in [0.25, 0.3) is 10.2 Å². The van der Waals surface area contributed by atoms with Gasteiger partial charge in [-0.05, 0) is 44.4 Å². The highest BCUT2D eigenvalue weighted by Gasteiger charge is 2.25. The van der Waals surface area contributed by atoms with Crippen LogP contribution >= 0.6 is 11.3 Å². The van der Waals surface area contributed by atoms with Crippen LogP contribution in [-0.2, 0) is 10.2 Å². The number of para-hydroxylation sites is 1. The standard InChI is InChI=1S/C24H30N4O2S/c1-13-10-9-11-14(2)19(13)26-17(29)12-28(8)22(30)20-15(3)18-16(4)25-23(24(5,6)7)27-21(18)31-20/h9-11H,12H2,1-8H3,(H,26,29). The lowest BCUT2D eigenvalue weighted by molar-refractivity contribution is -0.116. The average molecular weight is 439 g/mol. The van der Waals surface area contributed by atoms with Crippen LogP contribution in [0, 0.1) is 27.7 Å². The van der Waals surface area contributed by atoms with Crippen LogP contribution in [0.5, 0.6) is 0 Å². The smallest absolute Gasteiger partial charge is 0.264 e. The first-order valence-corrected chi connectivity index (χ1v) is 11.1. The second-order valence-electron chi connectivity index (χ2n) is 9.10. The highest BCUT2D eigenvalue weighted by atomic mass is 32.1. The third kappa shape index (κ3) is 4.61. The van der Waals surface area contributed by atoms with E-state index in [1.807, 2.05) is 45.9 Å². The number of rotatable bonds is 4. The summed E-state index contributed by atoms with van der Waals surface area (Å²) in [6.45, 7) is 14.0. The van der Waals surface area contributed by atoms with Crippen molar-refractivity contribution in [2.75, 3.05) is 18.9 Å². The summed E-state index contributed by atoms with van der Waals surface area (Å²) in [6.07, 6.45) is 0. The summed E-state index contributed by atoms with van der Waals surface area (Å²) in [7, 11) is 1.65. The van der Waals surface area contributed by atoms with Crippen molar-refractivity contribution in [3.05, 3.63) is 51.3 Å². The molecule has 0 saturated carbocycles. The van der Waals surface area contributed by atoms with Crippen molar-refractivity contribution >= 4 is 39.1 Å². The summed E-state index contributed by atoms with van der Waals surface area (Å²) in [5, 5.41) is 3.86. The van der Waals surface area contributed by atoms with E-state index in [0.717, 1.165) is 44.1 Å². The monoisotopic (exact) mass is 438 g/mol. The number of benzene rings is 1. The van der Waals surface area contributed by atoms with Crippen molar-refractivity contribution in [1.82, 2.24) is 14.9 Å². The van der Waals surface area contributed by atoms with Gasteiger partial charge in [0.05, 0.1) is 17.1 Å². The van der Waals surface area contributed by atoms with E-state index in [0.29, 0.717) is 4.88 Å². The fourth-order valence-corrected chi connectivity index (χ4v) is 4.76. The fraction of sp³-hybridized carbons (Fsp3) is 0.417. The molecule has 0 bridgehead atoms. The molecule has 0 fully saturated rings. The van der Waals surface area contributed by atoms with Gasteiger partial charge in [0.15, 0.2) is 0 Å². The molecule has 2 amide bonds. The maximum atomic E-state index is 13.2. The number of nitrogens with one attached hydrogen (secondary N) is 1. The number of amides is 2. The molecular formula is C24H30N4O2S. The summed E-state index contributed by atoms with van der Waals surface area (Å²) in [5.74, 6) is 0.353. The van der Waals surface area contributed by atoms with Crippen molar-refractivity contribution in [1.29, 1.82) is 0 Å². The maximum Gasteiger partial charge on any atom is 0.264 e. The minimum atomic E-state index is -0.224. The summed E-state index contributed by atoms with van der Waals surface area (Å²) in [6, 6.07) is 5.86. The lowest BCUT2D eigenvalue weighted by atomic mass is 9.95. The molecule has 0 radical (unpaired) electrons. The molecule has 2 heterocycles. The summed E-state index contributed by atoms with van der Waals surface area (Å²) in [4.78, 5) is 38.0. The molecule has 0 saturated heterocycles. The largest absolute Gasteiger partial charge is 0.332 e. The van der Waals surface area contributed by atoms with E-state index >= 15 is 0 Å². The first kappa shape index (κ1) is 22.9. The number of nitrogens with zero attached hydrogens (tertiary/aromatic N) is 3. The zero-order valence-electron chi connectivity index (χ0n) is 19.5. The molecule has 31 heavy (non-hydrogen) atoms. The Morgan fingerprint density at radius 1 is 1.06 bits per heavy atom. The highest BCUT2D eigenvalue weighted by molar-refractivity contribution is 7.20. The van der Waals surface area contributed by atoms with E-state index < -0.39 is 0 Å². The molecule has 0 aliphatic rings. The molecule has 0 aliphatic carbocycles. The Bertz CT molecular complexity index is 1150. The van der Waals surface area contributed by atoms with Crippen molar-refractivity contribution in [3.63, 3.8) is 0 Å². The fourth-order valence-electron chi connectivity index (χ4n) is 3.53. The number of hydrogen-bond acceptors (Lipinski definition) is 5. The van der Waals surface area contributed by atoms with Crippen molar-refractivity contribution < 1.29 is 9.59 Å². The van der Waals surface area contributed by atoms with Crippen LogP contribution < -0.4 is 5.32 Å². The number of aromatic nitrogens is 2. The molecule has 0 unspecified atom stereocenters. The quantitative estimate of drug-likeness (QED) is 0.626. The molecule has 1 N–H and O–H groups in total. The molecule has 164 valence electrons. The minimum absolute atomic E-state index is 0.0296. The van der Waals surface area contributed by atoms with Gasteiger partial charge in [-0.3, -0.25) is 9.59 Å². The second kappa shape index (κ2) is 8.38. The predicted molar refractivity (Wildman–Crippen MR) is 127 cm³/mol.